The van der Waals surface area contributed by atoms with E-state index in [9.17, 15) is 4.79 Å². The molecule has 1 saturated heterocycles. The number of benzene rings is 1. The second kappa shape index (κ2) is 11.0. The SMILES string of the molecule is COc1ccnc(-n2cc(C(=O)NCC3(N4CCN(C(C)C)CC4)CCCCC3)c3c(Cl)cccc32)n1. The molecule has 1 aliphatic carbocycles. The molecule has 5 rings (SSSR count). The van der Waals surface area contributed by atoms with Gasteiger partial charge in [-0.1, -0.05) is 36.9 Å². The van der Waals surface area contributed by atoms with Crippen LogP contribution in [0.4, 0.5) is 0 Å². The van der Waals surface area contributed by atoms with Gasteiger partial charge in [0.1, 0.15) is 0 Å². The van der Waals surface area contributed by atoms with Gasteiger partial charge in [0.15, 0.2) is 0 Å². The van der Waals surface area contributed by atoms with E-state index < -0.39 is 0 Å². The maximum atomic E-state index is 13.7. The Morgan fingerprint density at radius 2 is 1.89 bits per heavy atom. The highest BCUT2D eigenvalue weighted by Crippen LogP contribution is 2.35. The number of piperazine rings is 1. The molecule has 0 atom stereocenters. The number of aromatic nitrogens is 3. The molecule has 0 spiro atoms. The zero-order valence-corrected chi connectivity index (χ0v) is 22.8. The van der Waals surface area contributed by atoms with Gasteiger partial charge >= 0.3 is 0 Å². The third kappa shape index (κ3) is 5.19. The van der Waals surface area contributed by atoms with E-state index in [0.717, 1.165) is 44.5 Å². The number of hydrogen-bond donors (Lipinski definition) is 1. The van der Waals surface area contributed by atoms with Gasteiger partial charge in [-0.15, -0.1) is 0 Å². The van der Waals surface area contributed by atoms with Crippen LogP contribution in [0, 0.1) is 0 Å². The molecule has 1 aliphatic heterocycles. The summed E-state index contributed by atoms with van der Waals surface area (Å²) >= 11 is 6.63. The molecule has 0 radical (unpaired) electrons. The fraction of sp³-hybridized carbons (Fsp3) is 0.536. The Kier molecular flexibility index (Phi) is 7.70. The van der Waals surface area contributed by atoms with Gasteiger partial charge in [-0.2, -0.15) is 4.98 Å². The number of nitrogens with zero attached hydrogens (tertiary/aromatic N) is 5. The van der Waals surface area contributed by atoms with Gasteiger partial charge in [-0.25, -0.2) is 4.98 Å². The average molecular weight is 525 g/mol. The quantitative estimate of drug-likeness (QED) is 0.489. The van der Waals surface area contributed by atoms with Crippen LogP contribution < -0.4 is 10.1 Å². The fourth-order valence-corrected chi connectivity index (χ4v) is 6.28. The number of fused-ring (bicyclic) bond motifs is 1. The second-order valence-electron chi connectivity index (χ2n) is 10.5. The van der Waals surface area contributed by atoms with Crippen LogP contribution in [-0.2, 0) is 0 Å². The minimum Gasteiger partial charge on any atom is -0.481 e. The van der Waals surface area contributed by atoms with Crippen LogP contribution in [0.15, 0.2) is 36.7 Å². The molecule has 0 bridgehead atoms. The van der Waals surface area contributed by atoms with E-state index in [-0.39, 0.29) is 11.4 Å². The molecule has 198 valence electrons. The third-order valence-corrected chi connectivity index (χ3v) is 8.46. The summed E-state index contributed by atoms with van der Waals surface area (Å²) in [7, 11) is 1.57. The second-order valence-corrected chi connectivity index (χ2v) is 10.9. The Morgan fingerprint density at radius 3 is 2.59 bits per heavy atom. The first-order valence-corrected chi connectivity index (χ1v) is 13.7. The van der Waals surface area contributed by atoms with Crippen molar-refractivity contribution in [2.45, 2.75) is 57.5 Å². The highest BCUT2D eigenvalue weighted by molar-refractivity contribution is 6.37. The average Bonchev–Trinajstić information content (AvgIpc) is 3.33. The first-order chi connectivity index (χ1) is 17.9. The van der Waals surface area contributed by atoms with Crippen LogP contribution >= 0.6 is 11.6 Å². The van der Waals surface area contributed by atoms with Crippen LogP contribution in [0.25, 0.3) is 16.9 Å². The number of carbonyl (C=O) groups excluding carboxylic acids is 1. The van der Waals surface area contributed by atoms with Crippen molar-refractivity contribution in [3.63, 3.8) is 0 Å². The van der Waals surface area contributed by atoms with Gasteiger partial charge in [-0.05, 0) is 38.8 Å². The van der Waals surface area contributed by atoms with Crippen molar-refractivity contribution in [2.75, 3.05) is 39.8 Å². The highest BCUT2D eigenvalue weighted by Gasteiger charge is 2.40. The van der Waals surface area contributed by atoms with Crippen LogP contribution in [0.2, 0.25) is 5.02 Å². The summed E-state index contributed by atoms with van der Waals surface area (Å²) in [5, 5.41) is 4.55. The summed E-state index contributed by atoms with van der Waals surface area (Å²) < 4.78 is 7.09. The molecule has 3 aromatic rings. The van der Waals surface area contributed by atoms with Gasteiger partial charge < -0.3 is 10.1 Å². The minimum absolute atomic E-state index is 0.00898. The number of hydrogen-bond acceptors (Lipinski definition) is 6. The predicted octanol–water partition coefficient (Wildman–Crippen LogP) is 4.54. The van der Waals surface area contributed by atoms with Gasteiger partial charge in [0.2, 0.25) is 11.8 Å². The lowest BCUT2D eigenvalue weighted by Gasteiger charge is -2.50. The van der Waals surface area contributed by atoms with Crippen LogP contribution in [0.5, 0.6) is 5.88 Å². The van der Waals surface area contributed by atoms with E-state index in [2.05, 4.69) is 38.9 Å². The van der Waals surface area contributed by atoms with E-state index in [1.54, 1.807) is 30.1 Å². The first-order valence-electron chi connectivity index (χ1n) is 13.4. The summed E-state index contributed by atoms with van der Waals surface area (Å²) in [5.74, 6) is 0.764. The van der Waals surface area contributed by atoms with Crippen molar-refractivity contribution in [3.05, 3.63) is 47.2 Å². The third-order valence-electron chi connectivity index (χ3n) is 8.14. The van der Waals surface area contributed by atoms with Crippen molar-refractivity contribution in [3.8, 4) is 11.8 Å². The summed E-state index contributed by atoms with van der Waals surface area (Å²) in [5.41, 5.74) is 1.32. The maximum Gasteiger partial charge on any atom is 0.253 e. The van der Waals surface area contributed by atoms with Gasteiger partial charge in [0.05, 0.1) is 23.2 Å². The Bertz CT molecular complexity index is 1240. The lowest BCUT2D eigenvalue weighted by atomic mass is 9.79. The number of nitrogens with one attached hydrogen (secondary N) is 1. The standard InChI is InChI=1S/C28H37ClN6O2/c1-20(2)33-14-16-34(17-15-33)28(11-5-4-6-12-28)19-31-26(36)21-18-35(23-9-7-8-22(29)25(21)23)27-30-13-10-24(32-27)37-3/h7-10,13,18,20H,4-6,11-12,14-17,19H2,1-3H3,(H,31,36). The Morgan fingerprint density at radius 1 is 1.14 bits per heavy atom. The monoisotopic (exact) mass is 524 g/mol. The lowest BCUT2D eigenvalue weighted by molar-refractivity contribution is 0.000839. The van der Waals surface area contributed by atoms with E-state index in [1.807, 2.05) is 18.2 Å². The molecule has 1 N–H and O–H groups in total. The molecule has 37 heavy (non-hydrogen) atoms. The number of methoxy groups -OCH3 is 1. The van der Waals surface area contributed by atoms with Crippen molar-refractivity contribution in [1.82, 2.24) is 29.7 Å². The van der Waals surface area contributed by atoms with Crippen LogP contribution in [0.3, 0.4) is 0 Å². The molecule has 1 amide bonds. The van der Waals surface area contributed by atoms with Crippen molar-refractivity contribution < 1.29 is 9.53 Å². The highest BCUT2D eigenvalue weighted by atomic mass is 35.5. The largest absolute Gasteiger partial charge is 0.481 e. The molecule has 9 heteroatoms. The van der Waals surface area contributed by atoms with Crippen molar-refractivity contribution in [1.29, 1.82) is 0 Å². The van der Waals surface area contributed by atoms with Gasteiger partial charge in [0.25, 0.3) is 5.91 Å². The zero-order chi connectivity index (χ0) is 26.0. The van der Waals surface area contributed by atoms with Gasteiger partial charge in [0, 0.05) is 68.2 Å². The van der Waals surface area contributed by atoms with Gasteiger partial charge in [-0.3, -0.25) is 19.2 Å². The number of rotatable bonds is 7. The predicted molar refractivity (Wildman–Crippen MR) is 147 cm³/mol. The fourth-order valence-electron chi connectivity index (χ4n) is 6.01. The molecular weight excluding hydrogens is 488 g/mol. The molecule has 8 nitrogen and oxygen atoms in total. The zero-order valence-electron chi connectivity index (χ0n) is 22.0. The summed E-state index contributed by atoms with van der Waals surface area (Å²) in [6.07, 6.45) is 9.35. The van der Waals surface area contributed by atoms with Crippen molar-refractivity contribution >= 4 is 28.4 Å². The van der Waals surface area contributed by atoms with E-state index >= 15 is 0 Å². The molecule has 0 unspecified atom stereocenters. The molecule has 3 heterocycles. The van der Waals surface area contributed by atoms with E-state index in [1.165, 1.54) is 19.3 Å². The smallest absolute Gasteiger partial charge is 0.253 e. The molecule has 1 saturated carbocycles. The maximum absolute atomic E-state index is 13.7. The minimum atomic E-state index is -0.120. The normalized spacial score (nSPS) is 18.8. The van der Waals surface area contributed by atoms with Crippen molar-refractivity contribution in [2.24, 2.45) is 0 Å². The topological polar surface area (TPSA) is 75.5 Å². The number of halogens is 1. The number of amides is 1. The summed E-state index contributed by atoms with van der Waals surface area (Å²) in [6, 6.07) is 7.88. The molecule has 2 aliphatic rings. The lowest BCUT2D eigenvalue weighted by Crippen LogP contribution is -2.62. The summed E-state index contributed by atoms with van der Waals surface area (Å²) in [4.78, 5) is 27.8. The number of ether oxygens (including phenoxy) is 1. The molecule has 2 fully saturated rings. The Balaban J connectivity index is 1.41. The van der Waals surface area contributed by atoms with E-state index in [4.69, 9.17) is 16.3 Å². The Hall–Kier alpha value is -2.68. The van der Waals surface area contributed by atoms with Crippen LogP contribution in [0.1, 0.15) is 56.3 Å². The first kappa shape index (κ1) is 25.9. The van der Waals surface area contributed by atoms with E-state index in [0.29, 0.717) is 40.4 Å². The number of carbonyl (C=O) groups is 1. The Labute approximate surface area is 224 Å². The van der Waals surface area contributed by atoms with Crippen LogP contribution in [-0.4, -0.2) is 81.7 Å². The molecule has 2 aromatic heterocycles. The molecule has 1 aromatic carbocycles. The molecular formula is C28H37ClN6O2. The summed E-state index contributed by atoms with van der Waals surface area (Å²) in [6.45, 7) is 9.43.